The molecular formula is C12H18N2. The number of nitrogens with one attached hydrogen (secondary N) is 1. The molecule has 0 unspecified atom stereocenters. The van der Waals surface area contributed by atoms with E-state index in [4.69, 9.17) is 0 Å². The highest BCUT2D eigenvalue weighted by molar-refractivity contribution is 5.03. The van der Waals surface area contributed by atoms with Gasteiger partial charge in [-0.25, -0.2) is 0 Å². The Morgan fingerprint density at radius 3 is 2.93 bits per heavy atom. The topological polar surface area (TPSA) is 24.9 Å². The van der Waals surface area contributed by atoms with Crippen LogP contribution >= 0.6 is 0 Å². The number of rotatable bonds is 5. The Hall–Kier alpha value is -0.890. The van der Waals surface area contributed by atoms with E-state index in [2.05, 4.69) is 23.3 Å². The van der Waals surface area contributed by atoms with Gasteiger partial charge in [-0.05, 0) is 30.4 Å². The molecule has 14 heavy (non-hydrogen) atoms. The average Bonchev–Trinajstić information content (AvgIpc) is 2.94. The minimum absolute atomic E-state index is 0.615. The fraction of sp³-hybridized carbons (Fsp3) is 0.583. The van der Waals surface area contributed by atoms with Crippen LogP contribution in [0.5, 0.6) is 0 Å². The summed E-state index contributed by atoms with van der Waals surface area (Å²) in [5, 5.41) is 3.50. The van der Waals surface area contributed by atoms with Crippen molar-refractivity contribution in [3.05, 3.63) is 30.1 Å². The maximum absolute atomic E-state index is 4.29. The second kappa shape index (κ2) is 4.09. The molecule has 2 nitrogen and oxygen atoms in total. The van der Waals surface area contributed by atoms with Crippen molar-refractivity contribution >= 4 is 0 Å². The van der Waals surface area contributed by atoms with Gasteiger partial charge in [-0.2, -0.15) is 0 Å². The molecule has 2 heteroatoms. The first-order chi connectivity index (χ1) is 6.79. The summed E-state index contributed by atoms with van der Waals surface area (Å²) in [5.41, 5.74) is 1.80. The van der Waals surface area contributed by atoms with E-state index >= 15 is 0 Å². The minimum Gasteiger partial charge on any atom is -0.316 e. The Labute approximate surface area is 85.7 Å². The lowest BCUT2D eigenvalue weighted by atomic mass is 10.1. The van der Waals surface area contributed by atoms with Gasteiger partial charge in [0.2, 0.25) is 0 Å². The SMILES string of the molecule is CC1(CNCCc2ccccn2)CC1. The zero-order valence-corrected chi connectivity index (χ0v) is 8.79. The molecular weight excluding hydrogens is 172 g/mol. The molecule has 0 radical (unpaired) electrons. The standard InChI is InChI=1S/C12H18N2/c1-12(6-7-12)10-13-9-5-11-4-2-3-8-14-11/h2-4,8,13H,5-7,9-10H2,1H3. The highest BCUT2D eigenvalue weighted by Gasteiger charge is 2.36. The highest BCUT2D eigenvalue weighted by Crippen LogP contribution is 2.43. The van der Waals surface area contributed by atoms with Gasteiger partial charge in [0.05, 0.1) is 0 Å². The normalized spacial score (nSPS) is 18.1. The predicted octanol–water partition coefficient (Wildman–Crippen LogP) is 2.01. The second-order valence-corrected chi connectivity index (χ2v) is 4.56. The largest absolute Gasteiger partial charge is 0.316 e. The number of aromatic nitrogens is 1. The summed E-state index contributed by atoms with van der Waals surface area (Å²) >= 11 is 0. The van der Waals surface area contributed by atoms with E-state index in [-0.39, 0.29) is 0 Å². The quantitative estimate of drug-likeness (QED) is 0.718. The van der Waals surface area contributed by atoms with Gasteiger partial charge in [-0.3, -0.25) is 4.98 Å². The first kappa shape index (κ1) is 9.66. The Bertz CT molecular complexity index is 278. The van der Waals surface area contributed by atoms with Crippen LogP contribution in [0.1, 0.15) is 25.5 Å². The summed E-state index contributed by atoms with van der Waals surface area (Å²) in [5.74, 6) is 0. The number of hydrogen-bond donors (Lipinski definition) is 1. The maximum Gasteiger partial charge on any atom is 0.0416 e. The van der Waals surface area contributed by atoms with Crippen LogP contribution in [0.25, 0.3) is 0 Å². The highest BCUT2D eigenvalue weighted by atomic mass is 14.9. The summed E-state index contributed by atoms with van der Waals surface area (Å²) in [6.45, 7) is 4.56. The molecule has 1 aromatic rings. The van der Waals surface area contributed by atoms with Crippen LogP contribution in [0.15, 0.2) is 24.4 Å². The molecule has 1 aromatic heterocycles. The average molecular weight is 190 g/mol. The fourth-order valence-corrected chi connectivity index (χ4v) is 1.54. The molecule has 1 saturated carbocycles. The lowest BCUT2D eigenvalue weighted by Gasteiger charge is -2.09. The molecule has 1 heterocycles. The Kier molecular flexibility index (Phi) is 2.82. The summed E-state index contributed by atoms with van der Waals surface area (Å²) in [6.07, 6.45) is 5.68. The van der Waals surface area contributed by atoms with Crippen LogP contribution < -0.4 is 5.32 Å². The third kappa shape index (κ3) is 2.81. The molecule has 1 aliphatic rings. The van der Waals surface area contributed by atoms with Crippen molar-refractivity contribution in [1.29, 1.82) is 0 Å². The monoisotopic (exact) mass is 190 g/mol. The predicted molar refractivity (Wildman–Crippen MR) is 58.2 cm³/mol. The third-order valence-corrected chi connectivity index (χ3v) is 2.94. The van der Waals surface area contributed by atoms with E-state index in [0.29, 0.717) is 5.41 Å². The van der Waals surface area contributed by atoms with Crippen LogP contribution in [-0.2, 0) is 6.42 Å². The molecule has 0 spiro atoms. The first-order valence-electron chi connectivity index (χ1n) is 5.39. The summed E-state index contributed by atoms with van der Waals surface area (Å²) < 4.78 is 0. The van der Waals surface area contributed by atoms with Crippen LogP contribution in [0.2, 0.25) is 0 Å². The Morgan fingerprint density at radius 1 is 1.43 bits per heavy atom. The fourth-order valence-electron chi connectivity index (χ4n) is 1.54. The molecule has 0 atom stereocenters. The van der Waals surface area contributed by atoms with Crippen molar-refractivity contribution in [2.45, 2.75) is 26.2 Å². The van der Waals surface area contributed by atoms with E-state index in [9.17, 15) is 0 Å². The molecule has 0 amide bonds. The molecule has 2 rings (SSSR count). The number of nitrogens with zero attached hydrogens (tertiary/aromatic N) is 1. The first-order valence-corrected chi connectivity index (χ1v) is 5.39. The summed E-state index contributed by atoms with van der Waals surface area (Å²) in [6, 6.07) is 6.09. The van der Waals surface area contributed by atoms with Crippen LogP contribution in [0.3, 0.4) is 0 Å². The van der Waals surface area contributed by atoms with E-state index in [1.807, 2.05) is 18.3 Å². The number of pyridine rings is 1. The molecule has 0 saturated heterocycles. The van der Waals surface area contributed by atoms with E-state index in [1.165, 1.54) is 25.1 Å². The molecule has 1 N–H and O–H groups in total. The molecule has 1 fully saturated rings. The van der Waals surface area contributed by atoms with Crippen LogP contribution in [0, 0.1) is 5.41 Å². The second-order valence-electron chi connectivity index (χ2n) is 4.56. The van der Waals surface area contributed by atoms with Crippen molar-refractivity contribution in [3.63, 3.8) is 0 Å². The van der Waals surface area contributed by atoms with Gasteiger partial charge in [-0.1, -0.05) is 13.0 Å². The molecule has 0 bridgehead atoms. The lowest BCUT2D eigenvalue weighted by Crippen LogP contribution is -2.24. The molecule has 0 aliphatic heterocycles. The summed E-state index contributed by atoms with van der Waals surface area (Å²) in [4.78, 5) is 4.29. The van der Waals surface area contributed by atoms with Crippen molar-refractivity contribution in [1.82, 2.24) is 10.3 Å². The minimum atomic E-state index is 0.615. The van der Waals surface area contributed by atoms with Gasteiger partial charge in [0.1, 0.15) is 0 Å². The molecule has 0 aromatic carbocycles. The Balaban J connectivity index is 1.63. The smallest absolute Gasteiger partial charge is 0.0416 e. The van der Waals surface area contributed by atoms with Crippen molar-refractivity contribution in [2.24, 2.45) is 5.41 Å². The molecule has 76 valence electrons. The lowest BCUT2D eigenvalue weighted by molar-refractivity contribution is 0.501. The van der Waals surface area contributed by atoms with Gasteiger partial charge in [0, 0.05) is 31.4 Å². The van der Waals surface area contributed by atoms with E-state index in [1.54, 1.807) is 0 Å². The van der Waals surface area contributed by atoms with Gasteiger partial charge >= 0.3 is 0 Å². The zero-order chi connectivity index (χ0) is 9.86. The van der Waals surface area contributed by atoms with Crippen LogP contribution in [0.4, 0.5) is 0 Å². The maximum atomic E-state index is 4.29. The van der Waals surface area contributed by atoms with Crippen molar-refractivity contribution in [3.8, 4) is 0 Å². The third-order valence-electron chi connectivity index (χ3n) is 2.94. The van der Waals surface area contributed by atoms with Gasteiger partial charge in [0.25, 0.3) is 0 Å². The molecule has 1 aliphatic carbocycles. The van der Waals surface area contributed by atoms with Crippen molar-refractivity contribution < 1.29 is 0 Å². The van der Waals surface area contributed by atoms with Crippen molar-refractivity contribution in [2.75, 3.05) is 13.1 Å². The van der Waals surface area contributed by atoms with Crippen LogP contribution in [-0.4, -0.2) is 18.1 Å². The Morgan fingerprint density at radius 2 is 2.29 bits per heavy atom. The van der Waals surface area contributed by atoms with Gasteiger partial charge in [-0.15, -0.1) is 0 Å². The van der Waals surface area contributed by atoms with Gasteiger partial charge in [0.15, 0.2) is 0 Å². The van der Waals surface area contributed by atoms with Gasteiger partial charge < -0.3 is 5.32 Å². The summed E-state index contributed by atoms with van der Waals surface area (Å²) in [7, 11) is 0. The van der Waals surface area contributed by atoms with E-state index in [0.717, 1.165) is 13.0 Å². The number of hydrogen-bond acceptors (Lipinski definition) is 2. The zero-order valence-electron chi connectivity index (χ0n) is 8.79. The van der Waals surface area contributed by atoms with E-state index < -0.39 is 0 Å².